The fourth-order valence-corrected chi connectivity index (χ4v) is 0.771. The maximum atomic E-state index is 11.6. The number of carbonyl (C=O) groups is 1. The Bertz CT molecular complexity index is 212. The minimum atomic E-state index is -2.54. The molecule has 7 heteroatoms. The average Bonchev–Trinajstić information content (AvgIpc) is 2.21. The first kappa shape index (κ1) is 15.2. The first-order valence-electron chi connectivity index (χ1n) is 4.83. The molecule has 5 nitrogen and oxygen atoms in total. The molecule has 0 radical (unpaired) electrons. The minimum absolute atomic E-state index is 0.0613. The molecule has 0 aromatic rings. The maximum Gasteiger partial charge on any atom is 0.261 e. The largest absolute Gasteiger partial charge is 0.393 e. The topological polar surface area (TPSA) is 78.8 Å². The molecule has 1 atom stereocenters. The van der Waals surface area contributed by atoms with Gasteiger partial charge in [-0.15, -0.1) is 0 Å². The summed E-state index contributed by atoms with van der Waals surface area (Å²) in [6.45, 7) is -0.00794. The second kappa shape index (κ2) is 7.48. The Morgan fingerprint density at radius 3 is 2.69 bits per heavy atom. The minimum Gasteiger partial charge on any atom is -0.393 e. The number of ether oxygens (including phenoxy) is 1. The molecular weight excluding hydrogens is 224 g/mol. The van der Waals surface area contributed by atoms with Crippen molar-refractivity contribution in [3.63, 3.8) is 0 Å². The van der Waals surface area contributed by atoms with E-state index in [-0.39, 0.29) is 19.6 Å². The second-order valence-electron chi connectivity index (χ2n) is 3.65. The summed E-state index contributed by atoms with van der Waals surface area (Å²) in [6.07, 6.45) is -2.60. The molecule has 0 heterocycles. The molecule has 0 aliphatic heterocycles. The molecule has 0 aliphatic carbocycles. The van der Waals surface area contributed by atoms with E-state index in [0.29, 0.717) is 0 Å². The number of aliphatic hydroxyl groups excluding tert-OH is 1. The highest BCUT2D eigenvalue weighted by Gasteiger charge is 2.19. The van der Waals surface area contributed by atoms with Crippen molar-refractivity contribution in [3.8, 4) is 0 Å². The fraction of sp³-hybridized carbons (Fsp3) is 0.889. The molecule has 16 heavy (non-hydrogen) atoms. The summed E-state index contributed by atoms with van der Waals surface area (Å²) in [5.41, 5.74) is -1.38. The Hall–Kier alpha value is -0.790. The molecule has 0 rings (SSSR count). The van der Waals surface area contributed by atoms with E-state index in [1.54, 1.807) is 0 Å². The van der Waals surface area contributed by atoms with Gasteiger partial charge < -0.3 is 20.3 Å². The summed E-state index contributed by atoms with van der Waals surface area (Å²) in [5.74, 6) is -0.428. The van der Waals surface area contributed by atoms with E-state index in [2.05, 4.69) is 10.1 Å². The van der Waals surface area contributed by atoms with Crippen LogP contribution in [-0.2, 0) is 9.53 Å². The summed E-state index contributed by atoms with van der Waals surface area (Å²) < 4.78 is 27.7. The van der Waals surface area contributed by atoms with Gasteiger partial charge >= 0.3 is 0 Å². The SMILES string of the molecule is CC(O)(CO)CNC(=O)CCOCC(F)F. The zero-order valence-corrected chi connectivity index (χ0v) is 9.08. The smallest absolute Gasteiger partial charge is 0.261 e. The van der Waals surface area contributed by atoms with Gasteiger partial charge in [-0.05, 0) is 6.92 Å². The summed E-state index contributed by atoms with van der Waals surface area (Å²) in [5, 5.41) is 20.3. The number of nitrogens with one attached hydrogen (secondary N) is 1. The van der Waals surface area contributed by atoms with E-state index in [1.807, 2.05) is 0 Å². The van der Waals surface area contributed by atoms with E-state index in [4.69, 9.17) is 5.11 Å². The highest BCUT2D eigenvalue weighted by molar-refractivity contribution is 5.76. The van der Waals surface area contributed by atoms with Gasteiger partial charge in [-0.25, -0.2) is 8.78 Å². The molecule has 3 N–H and O–H groups in total. The predicted octanol–water partition coefficient (Wildman–Crippen LogP) is -0.482. The normalized spacial score (nSPS) is 14.9. The lowest BCUT2D eigenvalue weighted by molar-refractivity contribution is -0.124. The van der Waals surface area contributed by atoms with E-state index in [0.717, 1.165) is 0 Å². The lowest BCUT2D eigenvalue weighted by Crippen LogP contribution is -2.43. The number of hydrogen-bond acceptors (Lipinski definition) is 4. The third-order valence-electron chi connectivity index (χ3n) is 1.72. The maximum absolute atomic E-state index is 11.6. The monoisotopic (exact) mass is 241 g/mol. The van der Waals surface area contributed by atoms with Crippen LogP contribution in [0.25, 0.3) is 0 Å². The molecule has 0 aliphatic rings. The van der Waals surface area contributed by atoms with Gasteiger partial charge in [0.05, 0.1) is 13.2 Å². The summed E-state index contributed by atoms with van der Waals surface area (Å²) in [7, 11) is 0. The molecule has 1 unspecified atom stereocenters. The van der Waals surface area contributed by atoms with Crippen LogP contribution in [0, 0.1) is 0 Å². The molecule has 0 saturated heterocycles. The lowest BCUT2D eigenvalue weighted by atomic mass is 10.1. The first-order valence-corrected chi connectivity index (χ1v) is 4.83. The van der Waals surface area contributed by atoms with Gasteiger partial charge in [0.2, 0.25) is 5.91 Å². The standard InChI is InChI=1S/C9H17F2NO4/c1-9(15,6-13)5-12-8(14)2-3-16-4-7(10)11/h7,13,15H,2-6H2,1H3,(H,12,14). The zero-order valence-electron chi connectivity index (χ0n) is 9.08. The van der Waals surface area contributed by atoms with Crippen molar-refractivity contribution in [3.05, 3.63) is 0 Å². The van der Waals surface area contributed by atoms with Crippen molar-refractivity contribution in [2.45, 2.75) is 25.4 Å². The number of alkyl halides is 2. The fourth-order valence-electron chi connectivity index (χ4n) is 0.771. The van der Waals surface area contributed by atoms with Crippen molar-refractivity contribution in [2.24, 2.45) is 0 Å². The van der Waals surface area contributed by atoms with Gasteiger partial charge in [0.1, 0.15) is 12.2 Å². The number of hydrogen-bond donors (Lipinski definition) is 3. The van der Waals surface area contributed by atoms with E-state index < -0.39 is 31.1 Å². The molecule has 0 fully saturated rings. The molecule has 0 bridgehead atoms. The lowest BCUT2D eigenvalue weighted by Gasteiger charge is -2.20. The molecule has 96 valence electrons. The van der Waals surface area contributed by atoms with Crippen molar-refractivity contribution >= 4 is 5.91 Å². The Balaban J connectivity index is 3.52. The van der Waals surface area contributed by atoms with E-state index in [9.17, 15) is 18.7 Å². The number of carbonyl (C=O) groups excluding carboxylic acids is 1. The summed E-state index contributed by atoms with van der Waals surface area (Å²) in [4.78, 5) is 11.1. The van der Waals surface area contributed by atoms with Crippen LogP contribution in [0.15, 0.2) is 0 Å². The van der Waals surface area contributed by atoms with Crippen molar-refractivity contribution < 1.29 is 28.5 Å². The van der Waals surface area contributed by atoms with Crippen LogP contribution in [0.3, 0.4) is 0 Å². The third kappa shape index (κ3) is 8.51. The molecule has 1 amide bonds. The Morgan fingerprint density at radius 1 is 1.56 bits per heavy atom. The number of rotatable bonds is 8. The van der Waals surface area contributed by atoms with Crippen LogP contribution in [0.5, 0.6) is 0 Å². The van der Waals surface area contributed by atoms with Crippen molar-refractivity contribution in [2.75, 3.05) is 26.4 Å². The summed E-state index contributed by atoms with van der Waals surface area (Å²) in [6, 6.07) is 0. The quantitative estimate of drug-likeness (QED) is 0.501. The molecule has 0 saturated carbocycles. The highest BCUT2D eigenvalue weighted by atomic mass is 19.3. The van der Waals surface area contributed by atoms with Crippen LogP contribution >= 0.6 is 0 Å². The molecular formula is C9H17F2NO4. The average molecular weight is 241 g/mol. The molecule has 0 aromatic carbocycles. The highest BCUT2D eigenvalue weighted by Crippen LogP contribution is 1.99. The third-order valence-corrected chi connectivity index (χ3v) is 1.72. The van der Waals surface area contributed by atoms with Gasteiger partial charge in [0.15, 0.2) is 0 Å². The zero-order chi connectivity index (χ0) is 12.6. The predicted molar refractivity (Wildman–Crippen MR) is 52.2 cm³/mol. The number of aliphatic hydroxyl groups is 2. The van der Waals surface area contributed by atoms with Crippen LogP contribution in [-0.4, -0.2) is 54.5 Å². The molecule has 0 aromatic heterocycles. The van der Waals surface area contributed by atoms with Crippen LogP contribution in [0.2, 0.25) is 0 Å². The Kier molecular flexibility index (Phi) is 7.11. The van der Waals surface area contributed by atoms with Crippen molar-refractivity contribution in [1.82, 2.24) is 5.32 Å². The number of amides is 1. The van der Waals surface area contributed by atoms with Gasteiger partial charge in [-0.3, -0.25) is 4.79 Å². The first-order chi connectivity index (χ1) is 7.37. The van der Waals surface area contributed by atoms with Gasteiger partial charge in [0, 0.05) is 13.0 Å². The van der Waals surface area contributed by atoms with E-state index >= 15 is 0 Å². The van der Waals surface area contributed by atoms with E-state index in [1.165, 1.54) is 6.92 Å². The van der Waals surface area contributed by atoms with Crippen LogP contribution < -0.4 is 5.32 Å². The Morgan fingerprint density at radius 2 is 2.19 bits per heavy atom. The van der Waals surface area contributed by atoms with Crippen molar-refractivity contribution in [1.29, 1.82) is 0 Å². The Labute approximate surface area is 92.4 Å². The second-order valence-corrected chi connectivity index (χ2v) is 3.65. The van der Waals surface area contributed by atoms with Gasteiger partial charge in [-0.2, -0.15) is 0 Å². The summed E-state index contributed by atoms with van der Waals surface area (Å²) >= 11 is 0. The van der Waals surface area contributed by atoms with Gasteiger partial charge in [-0.1, -0.05) is 0 Å². The van der Waals surface area contributed by atoms with Gasteiger partial charge in [0.25, 0.3) is 6.43 Å². The number of halogens is 2. The molecule has 0 spiro atoms. The van der Waals surface area contributed by atoms with Crippen LogP contribution in [0.1, 0.15) is 13.3 Å². The van der Waals surface area contributed by atoms with Crippen LogP contribution in [0.4, 0.5) is 8.78 Å².